The van der Waals surface area contributed by atoms with Crippen LogP contribution in [-0.2, 0) is 9.59 Å². The van der Waals surface area contributed by atoms with Crippen LogP contribution in [-0.4, -0.2) is 64.0 Å². The molecule has 2 N–H and O–H groups in total. The highest BCUT2D eigenvalue weighted by Gasteiger charge is 2.33. The number of carbonyl (C=O) groups is 3. The standard InChI is InChI=1S/C13H17N5O3/c19-11-6-14-13(21)18(11)8-12(20)17-5-1-2-9(7-17)10-3-4-15-16-10/h3-4,9H,1-2,5-8H2,(H,14,21)(H,15,16). The number of rotatable bonds is 3. The van der Waals surface area contributed by atoms with Crippen molar-refractivity contribution in [3.05, 3.63) is 18.0 Å². The lowest BCUT2D eigenvalue weighted by molar-refractivity contribution is -0.137. The van der Waals surface area contributed by atoms with E-state index in [0.717, 1.165) is 23.4 Å². The molecule has 3 rings (SSSR count). The number of aromatic nitrogens is 2. The maximum Gasteiger partial charge on any atom is 0.325 e. The van der Waals surface area contributed by atoms with Crippen molar-refractivity contribution in [2.75, 3.05) is 26.2 Å². The lowest BCUT2D eigenvalue weighted by atomic mass is 9.95. The number of urea groups is 1. The number of aromatic amines is 1. The molecule has 1 aromatic heterocycles. The number of hydrogen-bond acceptors (Lipinski definition) is 4. The van der Waals surface area contributed by atoms with Gasteiger partial charge in [0.1, 0.15) is 6.54 Å². The number of piperidine rings is 1. The second-order valence-corrected chi connectivity index (χ2v) is 5.33. The Labute approximate surface area is 121 Å². The molecular weight excluding hydrogens is 274 g/mol. The molecule has 2 saturated heterocycles. The third-order valence-corrected chi connectivity index (χ3v) is 3.97. The first-order valence-corrected chi connectivity index (χ1v) is 7.00. The predicted molar refractivity (Wildman–Crippen MR) is 72.3 cm³/mol. The molecular formula is C13H17N5O3. The third-order valence-electron chi connectivity index (χ3n) is 3.97. The van der Waals surface area contributed by atoms with Crippen molar-refractivity contribution in [1.82, 2.24) is 25.3 Å². The van der Waals surface area contributed by atoms with Crippen molar-refractivity contribution in [3.63, 3.8) is 0 Å². The third kappa shape index (κ3) is 2.74. The SMILES string of the molecule is O=C(CN1C(=O)CNC1=O)N1CCCC(c2ccn[nH]2)C1. The summed E-state index contributed by atoms with van der Waals surface area (Å²) in [5, 5.41) is 9.29. The van der Waals surface area contributed by atoms with E-state index in [2.05, 4.69) is 15.5 Å². The van der Waals surface area contributed by atoms with Crippen molar-refractivity contribution in [3.8, 4) is 0 Å². The fraction of sp³-hybridized carbons (Fsp3) is 0.538. The molecule has 1 aromatic rings. The monoisotopic (exact) mass is 291 g/mol. The zero-order valence-electron chi connectivity index (χ0n) is 11.5. The summed E-state index contributed by atoms with van der Waals surface area (Å²) in [7, 11) is 0. The van der Waals surface area contributed by atoms with Gasteiger partial charge in [0.2, 0.25) is 5.91 Å². The van der Waals surface area contributed by atoms with E-state index in [0.29, 0.717) is 13.1 Å². The van der Waals surface area contributed by atoms with Crippen molar-refractivity contribution >= 4 is 17.8 Å². The molecule has 1 atom stereocenters. The van der Waals surface area contributed by atoms with E-state index in [1.807, 2.05) is 6.07 Å². The Balaban J connectivity index is 1.62. The quantitative estimate of drug-likeness (QED) is 0.745. The van der Waals surface area contributed by atoms with Gasteiger partial charge in [0, 0.05) is 30.9 Å². The number of amides is 4. The molecule has 0 aromatic carbocycles. The number of hydrogen-bond donors (Lipinski definition) is 2. The lowest BCUT2D eigenvalue weighted by Gasteiger charge is -2.32. The van der Waals surface area contributed by atoms with Gasteiger partial charge in [-0.1, -0.05) is 0 Å². The summed E-state index contributed by atoms with van der Waals surface area (Å²) < 4.78 is 0. The normalized spacial score (nSPS) is 22.6. The molecule has 21 heavy (non-hydrogen) atoms. The Kier molecular flexibility index (Phi) is 3.59. The highest BCUT2D eigenvalue weighted by Crippen LogP contribution is 2.25. The molecule has 3 heterocycles. The molecule has 8 heteroatoms. The van der Waals surface area contributed by atoms with E-state index < -0.39 is 6.03 Å². The summed E-state index contributed by atoms with van der Waals surface area (Å²) in [5.74, 6) is -0.312. The molecule has 2 fully saturated rings. The number of nitrogens with one attached hydrogen (secondary N) is 2. The fourth-order valence-electron chi connectivity index (χ4n) is 2.80. The van der Waals surface area contributed by atoms with Gasteiger partial charge in [-0.25, -0.2) is 4.79 Å². The van der Waals surface area contributed by atoms with Gasteiger partial charge in [0.15, 0.2) is 0 Å². The van der Waals surface area contributed by atoms with E-state index in [9.17, 15) is 14.4 Å². The molecule has 0 aliphatic carbocycles. The summed E-state index contributed by atoms with van der Waals surface area (Å²) in [6, 6.07) is 1.42. The molecule has 4 amide bonds. The van der Waals surface area contributed by atoms with E-state index in [1.54, 1.807) is 11.1 Å². The summed E-state index contributed by atoms with van der Waals surface area (Å²) >= 11 is 0. The zero-order chi connectivity index (χ0) is 14.8. The minimum Gasteiger partial charge on any atom is -0.340 e. The number of carbonyl (C=O) groups excluding carboxylic acids is 3. The van der Waals surface area contributed by atoms with Gasteiger partial charge in [-0.3, -0.25) is 19.6 Å². The number of imide groups is 1. The Morgan fingerprint density at radius 2 is 2.29 bits per heavy atom. The molecule has 1 unspecified atom stereocenters. The average molecular weight is 291 g/mol. The van der Waals surface area contributed by atoms with Crippen LogP contribution in [0.15, 0.2) is 12.3 Å². The van der Waals surface area contributed by atoms with Crippen LogP contribution in [0.1, 0.15) is 24.5 Å². The molecule has 2 aliphatic rings. The van der Waals surface area contributed by atoms with Crippen LogP contribution in [0, 0.1) is 0 Å². The Bertz CT molecular complexity index is 540. The van der Waals surface area contributed by atoms with Gasteiger partial charge in [-0.05, 0) is 18.9 Å². The Morgan fingerprint density at radius 1 is 1.43 bits per heavy atom. The molecule has 0 spiro atoms. The van der Waals surface area contributed by atoms with Crippen LogP contribution in [0.3, 0.4) is 0 Å². The van der Waals surface area contributed by atoms with Crippen LogP contribution in [0.25, 0.3) is 0 Å². The Hall–Kier alpha value is -2.38. The van der Waals surface area contributed by atoms with Crippen LogP contribution in [0.5, 0.6) is 0 Å². The summed E-state index contributed by atoms with van der Waals surface area (Å²) in [5.41, 5.74) is 1.02. The second kappa shape index (κ2) is 5.55. The smallest absolute Gasteiger partial charge is 0.325 e. The molecule has 8 nitrogen and oxygen atoms in total. The maximum atomic E-state index is 12.3. The topological polar surface area (TPSA) is 98.4 Å². The van der Waals surface area contributed by atoms with Crippen LogP contribution in [0.2, 0.25) is 0 Å². The van der Waals surface area contributed by atoms with E-state index >= 15 is 0 Å². The summed E-state index contributed by atoms with van der Waals surface area (Å²) in [6.07, 6.45) is 3.59. The summed E-state index contributed by atoms with van der Waals surface area (Å²) in [6.45, 7) is 1.04. The minimum atomic E-state index is -0.490. The molecule has 0 saturated carbocycles. The molecule has 112 valence electrons. The van der Waals surface area contributed by atoms with Gasteiger partial charge in [0.25, 0.3) is 5.91 Å². The van der Waals surface area contributed by atoms with Crippen molar-refractivity contribution in [2.45, 2.75) is 18.8 Å². The predicted octanol–water partition coefficient (Wildman–Crippen LogP) is -0.333. The molecule has 0 radical (unpaired) electrons. The number of nitrogens with zero attached hydrogens (tertiary/aromatic N) is 3. The average Bonchev–Trinajstić information content (AvgIpc) is 3.13. The second-order valence-electron chi connectivity index (χ2n) is 5.33. The van der Waals surface area contributed by atoms with Crippen LogP contribution >= 0.6 is 0 Å². The number of H-pyrrole nitrogens is 1. The first-order valence-electron chi connectivity index (χ1n) is 7.00. The van der Waals surface area contributed by atoms with Crippen molar-refractivity contribution < 1.29 is 14.4 Å². The summed E-state index contributed by atoms with van der Waals surface area (Å²) in [4.78, 5) is 38.0. The van der Waals surface area contributed by atoms with E-state index in [4.69, 9.17) is 0 Å². The van der Waals surface area contributed by atoms with E-state index in [-0.39, 0.29) is 30.8 Å². The first-order chi connectivity index (χ1) is 10.1. The zero-order valence-corrected chi connectivity index (χ0v) is 11.5. The molecule has 0 bridgehead atoms. The van der Waals surface area contributed by atoms with Gasteiger partial charge in [-0.2, -0.15) is 5.10 Å². The maximum absolute atomic E-state index is 12.3. The largest absolute Gasteiger partial charge is 0.340 e. The Morgan fingerprint density at radius 3 is 2.95 bits per heavy atom. The van der Waals surface area contributed by atoms with Gasteiger partial charge in [0.05, 0.1) is 6.54 Å². The minimum absolute atomic E-state index is 0.0249. The van der Waals surface area contributed by atoms with Crippen LogP contribution < -0.4 is 5.32 Å². The van der Waals surface area contributed by atoms with Crippen LogP contribution in [0.4, 0.5) is 4.79 Å². The van der Waals surface area contributed by atoms with Crippen molar-refractivity contribution in [1.29, 1.82) is 0 Å². The first kappa shape index (κ1) is 13.6. The van der Waals surface area contributed by atoms with E-state index in [1.165, 1.54) is 0 Å². The van der Waals surface area contributed by atoms with Gasteiger partial charge < -0.3 is 10.2 Å². The highest BCUT2D eigenvalue weighted by atomic mass is 16.2. The van der Waals surface area contributed by atoms with Crippen molar-refractivity contribution in [2.24, 2.45) is 0 Å². The van der Waals surface area contributed by atoms with Gasteiger partial charge >= 0.3 is 6.03 Å². The molecule has 2 aliphatic heterocycles. The lowest BCUT2D eigenvalue weighted by Crippen LogP contribution is -2.46. The highest BCUT2D eigenvalue weighted by molar-refractivity contribution is 6.04. The number of likely N-dealkylation sites (tertiary alicyclic amines) is 1. The van der Waals surface area contributed by atoms with Gasteiger partial charge in [-0.15, -0.1) is 0 Å². The fourth-order valence-corrected chi connectivity index (χ4v) is 2.80.